The van der Waals surface area contributed by atoms with Crippen LogP contribution in [-0.4, -0.2) is 37.8 Å². The van der Waals surface area contributed by atoms with E-state index in [2.05, 4.69) is 55.4 Å². The van der Waals surface area contributed by atoms with Crippen LogP contribution in [0, 0.1) is 5.41 Å². The number of aryl methyl sites for hydroxylation is 1. The second-order valence-electron chi connectivity index (χ2n) is 8.87. The Morgan fingerprint density at radius 1 is 1.06 bits per heavy atom. The highest BCUT2D eigenvalue weighted by atomic mass is 32.2. The molecule has 0 saturated carbocycles. The first-order valence-electron chi connectivity index (χ1n) is 11.0. The monoisotopic (exact) mass is 443 g/mol. The standard InChI is InChI=1S/C24H25N7S/c1-30-11-7-18-19(6-10-26-22(18)30)32-20-15-27-23(29-28-20)31-12-8-24(9-13-31)14-16-4-2-3-5-17(16)21(24)25/h2-7,10-11,15,21H,8-9,12-14,25H2,1H3/t21-/m1/s1. The predicted molar refractivity (Wildman–Crippen MR) is 126 cm³/mol. The Hall–Kier alpha value is -2.97. The van der Waals surface area contributed by atoms with E-state index >= 15 is 0 Å². The van der Waals surface area contributed by atoms with E-state index in [4.69, 9.17) is 5.73 Å². The van der Waals surface area contributed by atoms with Crippen molar-refractivity contribution in [1.82, 2.24) is 24.7 Å². The molecule has 7 nitrogen and oxygen atoms in total. The van der Waals surface area contributed by atoms with Gasteiger partial charge in [0.2, 0.25) is 5.95 Å². The van der Waals surface area contributed by atoms with Crippen LogP contribution in [-0.2, 0) is 13.5 Å². The van der Waals surface area contributed by atoms with E-state index in [-0.39, 0.29) is 11.5 Å². The first kappa shape index (κ1) is 19.7. The fourth-order valence-electron chi connectivity index (χ4n) is 5.25. The summed E-state index contributed by atoms with van der Waals surface area (Å²) in [7, 11) is 2.00. The van der Waals surface area contributed by atoms with Gasteiger partial charge in [-0.15, -0.1) is 10.2 Å². The molecule has 1 aliphatic carbocycles. The van der Waals surface area contributed by atoms with Crippen LogP contribution in [0.2, 0.25) is 0 Å². The smallest absolute Gasteiger partial charge is 0.245 e. The topological polar surface area (TPSA) is 85.8 Å². The molecule has 2 aliphatic rings. The lowest BCUT2D eigenvalue weighted by Crippen LogP contribution is -2.45. The number of benzene rings is 1. The molecule has 0 unspecified atom stereocenters. The van der Waals surface area contributed by atoms with Crippen LogP contribution in [0.1, 0.15) is 30.0 Å². The highest BCUT2D eigenvalue weighted by Crippen LogP contribution is 2.50. The first-order valence-corrected chi connectivity index (χ1v) is 11.8. The van der Waals surface area contributed by atoms with Gasteiger partial charge in [-0.2, -0.15) is 0 Å². The number of pyridine rings is 1. The van der Waals surface area contributed by atoms with E-state index in [1.807, 2.05) is 36.3 Å². The van der Waals surface area contributed by atoms with Gasteiger partial charge in [-0.1, -0.05) is 36.0 Å². The van der Waals surface area contributed by atoms with Crippen molar-refractivity contribution in [3.05, 3.63) is 66.1 Å². The predicted octanol–water partition coefficient (Wildman–Crippen LogP) is 3.75. The van der Waals surface area contributed by atoms with Gasteiger partial charge in [-0.05, 0) is 47.9 Å². The van der Waals surface area contributed by atoms with Crippen LogP contribution in [0.5, 0.6) is 0 Å². The van der Waals surface area contributed by atoms with Crippen LogP contribution >= 0.6 is 11.8 Å². The average Bonchev–Trinajstić information content (AvgIpc) is 3.34. The minimum absolute atomic E-state index is 0.119. The SMILES string of the molecule is Cn1ccc2c(Sc3cnc(N4CCC5(CC4)Cc4ccccc4[C@H]5N)nn3)ccnc21. The molecule has 1 atom stereocenters. The highest BCUT2D eigenvalue weighted by Gasteiger charge is 2.46. The van der Waals surface area contributed by atoms with Crippen molar-refractivity contribution in [3.8, 4) is 0 Å². The molecule has 1 aliphatic heterocycles. The van der Waals surface area contributed by atoms with E-state index in [9.17, 15) is 0 Å². The van der Waals surface area contributed by atoms with Crippen molar-refractivity contribution >= 4 is 28.7 Å². The number of rotatable bonds is 3. The summed E-state index contributed by atoms with van der Waals surface area (Å²) in [6, 6.07) is 12.8. The average molecular weight is 444 g/mol. The number of aromatic nitrogens is 5. The molecule has 6 rings (SSSR count). The fraction of sp³-hybridized carbons (Fsp3) is 0.333. The van der Waals surface area contributed by atoms with Crippen molar-refractivity contribution in [1.29, 1.82) is 0 Å². The Labute approximate surface area is 191 Å². The number of hydrogen-bond donors (Lipinski definition) is 1. The number of piperidine rings is 1. The maximum Gasteiger partial charge on any atom is 0.245 e. The lowest BCUT2D eigenvalue weighted by atomic mass is 9.73. The van der Waals surface area contributed by atoms with Gasteiger partial charge in [0.25, 0.3) is 0 Å². The highest BCUT2D eigenvalue weighted by molar-refractivity contribution is 7.99. The van der Waals surface area contributed by atoms with Gasteiger partial charge < -0.3 is 15.2 Å². The second kappa shape index (κ2) is 7.56. The first-order chi connectivity index (χ1) is 15.6. The Bertz CT molecular complexity index is 1280. The number of fused-ring (bicyclic) bond motifs is 2. The van der Waals surface area contributed by atoms with Gasteiger partial charge in [0, 0.05) is 48.9 Å². The quantitative estimate of drug-likeness (QED) is 0.516. The van der Waals surface area contributed by atoms with E-state index in [1.54, 1.807) is 11.8 Å². The van der Waals surface area contributed by atoms with E-state index in [1.165, 1.54) is 11.1 Å². The third-order valence-electron chi connectivity index (χ3n) is 7.11. The molecular formula is C24H25N7S. The summed E-state index contributed by atoms with van der Waals surface area (Å²) in [5.41, 5.74) is 10.6. The summed E-state index contributed by atoms with van der Waals surface area (Å²) in [6.07, 6.45) is 8.84. The summed E-state index contributed by atoms with van der Waals surface area (Å²) in [5.74, 6) is 0.702. The van der Waals surface area contributed by atoms with Crippen LogP contribution in [0.4, 0.5) is 5.95 Å². The molecule has 32 heavy (non-hydrogen) atoms. The lowest BCUT2D eigenvalue weighted by molar-refractivity contribution is 0.186. The van der Waals surface area contributed by atoms with Gasteiger partial charge in [-0.3, -0.25) is 0 Å². The van der Waals surface area contributed by atoms with Crippen molar-refractivity contribution in [2.45, 2.75) is 35.2 Å². The lowest BCUT2D eigenvalue weighted by Gasteiger charge is -2.42. The fourth-order valence-corrected chi connectivity index (χ4v) is 6.06. The van der Waals surface area contributed by atoms with E-state index in [0.717, 1.165) is 53.3 Å². The number of anilines is 1. The third kappa shape index (κ3) is 3.17. The molecule has 0 bridgehead atoms. The summed E-state index contributed by atoms with van der Waals surface area (Å²) in [4.78, 5) is 12.4. The number of hydrogen-bond acceptors (Lipinski definition) is 7. The molecular weight excluding hydrogens is 418 g/mol. The van der Waals surface area contributed by atoms with Gasteiger partial charge in [0.15, 0.2) is 0 Å². The number of nitrogens with zero attached hydrogens (tertiary/aromatic N) is 6. The molecule has 4 heterocycles. The van der Waals surface area contributed by atoms with Crippen LogP contribution < -0.4 is 10.6 Å². The van der Waals surface area contributed by atoms with E-state index < -0.39 is 0 Å². The zero-order chi connectivity index (χ0) is 21.7. The van der Waals surface area contributed by atoms with Crippen LogP contribution in [0.15, 0.2) is 64.9 Å². The van der Waals surface area contributed by atoms with Crippen molar-refractivity contribution in [2.75, 3.05) is 18.0 Å². The van der Waals surface area contributed by atoms with Gasteiger partial charge in [0.05, 0.1) is 6.20 Å². The van der Waals surface area contributed by atoms with Gasteiger partial charge in [0.1, 0.15) is 10.7 Å². The maximum atomic E-state index is 6.70. The second-order valence-corrected chi connectivity index (χ2v) is 9.94. The van der Waals surface area contributed by atoms with Gasteiger partial charge >= 0.3 is 0 Å². The number of nitrogens with two attached hydrogens (primary N) is 1. The molecule has 4 aromatic rings. The van der Waals surface area contributed by atoms with Crippen molar-refractivity contribution in [2.24, 2.45) is 18.2 Å². The molecule has 8 heteroatoms. The summed E-state index contributed by atoms with van der Waals surface area (Å²) in [5, 5.41) is 10.8. The molecule has 0 radical (unpaired) electrons. The molecule has 2 N–H and O–H groups in total. The molecule has 1 spiro atoms. The normalized spacial score (nSPS) is 19.6. The largest absolute Gasteiger partial charge is 0.339 e. The molecule has 162 valence electrons. The Morgan fingerprint density at radius 3 is 2.69 bits per heavy atom. The molecule has 1 aromatic carbocycles. The van der Waals surface area contributed by atoms with Crippen molar-refractivity contribution in [3.63, 3.8) is 0 Å². The van der Waals surface area contributed by atoms with E-state index in [0.29, 0.717) is 5.95 Å². The Balaban J connectivity index is 1.15. The van der Waals surface area contributed by atoms with Crippen LogP contribution in [0.25, 0.3) is 11.0 Å². The summed E-state index contributed by atoms with van der Waals surface area (Å²) in [6.45, 7) is 1.82. The zero-order valence-electron chi connectivity index (χ0n) is 18.0. The Morgan fingerprint density at radius 2 is 1.91 bits per heavy atom. The zero-order valence-corrected chi connectivity index (χ0v) is 18.8. The van der Waals surface area contributed by atoms with Crippen LogP contribution in [0.3, 0.4) is 0 Å². The summed E-state index contributed by atoms with van der Waals surface area (Å²) >= 11 is 1.57. The maximum absolute atomic E-state index is 6.70. The van der Waals surface area contributed by atoms with Gasteiger partial charge in [-0.25, -0.2) is 9.97 Å². The minimum atomic E-state index is 0.119. The molecule has 1 fully saturated rings. The molecule has 1 saturated heterocycles. The summed E-state index contributed by atoms with van der Waals surface area (Å²) < 4.78 is 2.02. The Kier molecular flexibility index (Phi) is 4.66. The third-order valence-corrected chi connectivity index (χ3v) is 8.08. The minimum Gasteiger partial charge on any atom is -0.339 e. The molecule has 3 aromatic heterocycles. The van der Waals surface area contributed by atoms with Crippen molar-refractivity contribution < 1.29 is 0 Å². The molecule has 0 amide bonds.